The van der Waals surface area contributed by atoms with Gasteiger partial charge in [-0.2, -0.15) is 4.98 Å². The van der Waals surface area contributed by atoms with Crippen LogP contribution in [0, 0.1) is 0 Å². The van der Waals surface area contributed by atoms with Crippen molar-refractivity contribution in [2.45, 2.75) is 26.2 Å². The van der Waals surface area contributed by atoms with Crippen LogP contribution in [0.5, 0.6) is 0 Å². The van der Waals surface area contributed by atoms with Gasteiger partial charge in [-0.25, -0.2) is 4.79 Å². The molecule has 2 heterocycles. The van der Waals surface area contributed by atoms with Gasteiger partial charge in [0.2, 0.25) is 5.89 Å². The number of nitrogens with zero attached hydrogens (tertiary/aromatic N) is 4. The third-order valence-electron chi connectivity index (χ3n) is 4.00. The van der Waals surface area contributed by atoms with Gasteiger partial charge in [0.15, 0.2) is 23.0 Å². The number of aromatic carboxylic acids is 1. The smallest absolute Gasteiger partial charge is 0.343 e. The van der Waals surface area contributed by atoms with Crippen LogP contribution < -0.4 is 4.90 Å². The summed E-state index contributed by atoms with van der Waals surface area (Å²) in [6.07, 6.45) is 0.481. The third-order valence-corrected chi connectivity index (χ3v) is 4.26. The molecule has 1 aromatic carbocycles. The van der Waals surface area contributed by atoms with Crippen LogP contribution in [0.15, 0.2) is 33.3 Å². The Morgan fingerprint density at radius 2 is 1.93 bits per heavy atom. The van der Waals surface area contributed by atoms with E-state index in [9.17, 15) is 9.90 Å². The van der Waals surface area contributed by atoms with Crippen molar-refractivity contribution in [1.82, 2.24) is 15.3 Å². The lowest BCUT2D eigenvalue weighted by Crippen LogP contribution is -2.23. The fourth-order valence-corrected chi connectivity index (χ4v) is 2.64. The number of aromatic nitrogens is 3. The number of anilines is 1. The molecule has 2 aromatic heterocycles. The van der Waals surface area contributed by atoms with E-state index in [0.717, 1.165) is 0 Å². The number of benzene rings is 1. The summed E-state index contributed by atoms with van der Waals surface area (Å²) >= 11 is 5.89. The van der Waals surface area contributed by atoms with E-state index in [2.05, 4.69) is 15.3 Å². The third kappa shape index (κ3) is 4.11. The normalized spacial score (nSPS) is 11.1. The summed E-state index contributed by atoms with van der Waals surface area (Å²) in [6.45, 7) is 4.39. The molecular weight excluding hydrogens is 372 g/mol. The van der Waals surface area contributed by atoms with Crippen LogP contribution in [0.3, 0.4) is 0 Å². The van der Waals surface area contributed by atoms with E-state index in [1.54, 1.807) is 36.2 Å². The molecule has 0 aliphatic carbocycles. The molecule has 0 saturated carbocycles. The minimum Gasteiger partial charge on any atom is -0.477 e. The van der Waals surface area contributed by atoms with E-state index in [1.807, 2.05) is 13.8 Å². The second-order valence-electron chi connectivity index (χ2n) is 6.40. The Bertz CT molecular complexity index is 933. The molecule has 142 valence electrons. The van der Waals surface area contributed by atoms with Crippen molar-refractivity contribution < 1.29 is 18.9 Å². The Morgan fingerprint density at radius 1 is 1.22 bits per heavy atom. The fraction of sp³-hybridized carbons (Fsp3) is 0.333. The van der Waals surface area contributed by atoms with Crippen molar-refractivity contribution in [3.63, 3.8) is 0 Å². The SMILES string of the molecule is CC(C)c1nc(CCN(C)c2noc(-c3ccc(Cl)cc3)c2C(=O)O)no1. The zero-order chi connectivity index (χ0) is 19.6. The Labute approximate surface area is 160 Å². The molecule has 1 N–H and O–H groups in total. The van der Waals surface area contributed by atoms with Crippen LogP contribution in [0.1, 0.15) is 41.8 Å². The van der Waals surface area contributed by atoms with Crippen molar-refractivity contribution in [1.29, 1.82) is 0 Å². The molecule has 0 unspecified atom stereocenters. The number of carboxylic acid groups (broad SMARTS) is 1. The highest BCUT2D eigenvalue weighted by molar-refractivity contribution is 6.30. The predicted molar refractivity (Wildman–Crippen MR) is 99.3 cm³/mol. The molecule has 9 heteroatoms. The van der Waals surface area contributed by atoms with E-state index in [1.165, 1.54) is 0 Å². The van der Waals surface area contributed by atoms with Gasteiger partial charge in [0.1, 0.15) is 0 Å². The molecule has 3 aromatic rings. The minimum absolute atomic E-state index is 0.00389. The lowest BCUT2D eigenvalue weighted by atomic mass is 10.1. The van der Waals surface area contributed by atoms with Gasteiger partial charge < -0.3 is 19.1 Å². The summed E-state index contributed by atoms with van der Waals surface area (Å²) in [6, 6.07) is 6.70. The van der Waals surface area contributed by atoms with Crippen LogP contribution in [0.4, 0.5) is 5.82 Å². The molecule has 0 spiro atoms. The van der Waals surface area contributed by atoms with Gasteiger partial charge in [-0.15, -0.1) is 0 Å². The number of rotatable bonds is 7. The van der Waals surface area contributed by atoms with Crippen LogP contribution in [-0.4, -0.2) is 40.0 Å². The second kappa shape index (κ2) is 7.79. The molecule has 3 rings (SSSR count). The van der Waals surface area contributed by atoms with E-state index in [-0.39, 0.29) is 23.1 Å². The van der Waals surface area contributed by atoms with E-state index < -0.39 is 5.97 Å². The quantitative estimate of drug-likeness (QED) is 0.647. The molecule has 27 heavy (non-hydrogen) atoms. The van der Waals surface area contributed by atoms with Crippen molar-refractivity contribution in [3.8, 4) is 11.3 Å². The highest BCUT2D eigenvalue weighted by Crippen LogP contribution is 2.31. The lowest BCUT2D eigenvalue weighted by molar-refractivity contribution is 0.0698. The topological polar surface area (TPSA) is 105 Å². The van der Waals surface area contributed by atoms with Crippen LogP contribution >= 0.6 is 11.6 Å². The zero-order valence-electron chi connectivity index (χ0n) is 15.1. The van der Waals surface area contributed by atoms with Gasteiger partial charge in [0.05, 0.1) is 0 Å². The Hall–Kier alpha value is -2.87. The first-order valence-corrected chi connectivity index (χ1v) is 8.77. The molecular formula is C18H19ClN4O4. The zero-order valence-corrected chi connectivity index (χ0v) is 15.9. The average molecular weight is 391 g/mol. The summed E-state index contributed by atoms with van der Waals surface area (Å²) in [4.78, 5) is 17.8. The molecule has 8 nitrogen and oxygen atoms in total. The Morgan fingerprint density at radius 3 is 2.52 bits per heavy atom. The summed E-state index contributed by atoms with van der Waals surface area (Å²) < 4.78 is 10.5. The molecule has 0 bridgehead atoms. The minimum atomic E-state index is -1.12. The maximum absolute atomic E-state index is 11.8. The molecule has 0 fully saturated rings. The monoisotopic (exact) mass is 390 g/mol. The molecule has 0 atom stereocenters. The number of hydrogen-bond donors (Lipinski definition) is 1. The van der Waals surface area contributed by atoms with Crippen LogP contribution in [0.2, 0.25) is 5.02 Å². The van der Waals surface area contributed by atoms with Gasteiger partial charge >= 0.3 is 5.97 Å². The van der Waals surface area contributed by atoms with Gasteiger partial charge in [0, 0.05) is 36.5 Å². The Balaban J connectivity index is 1.80. The molecule has 0 radical (unpaired) electrons. The van der Waals surface area contributed by atoms with E-state index in [0.29, 0.717) is 35.3 Å². The maximum atomic E-state index is 11.8. The molecule has 0 aliphatic heterocycles. The van der Waals surface area contributed by atoms with E-state index in [4.69, 9.17) is 20.6 Å². The van der Waals surface area contributed by atoms with Gasteiger partial charge in [-0.3, -0.25) is 0 Å². The Kier molecular flexibility index (Phi) is 5.46. The highest BCUT2D eigenvalue weighted by Gasteiger charge is 2.26. The van der Waals surface area contributed by atoms with Gasteiger partial charge in [-0.1, -0.05) is 35.8 Å². The van der Waals surface area contributed by atoms with Crippen LogP contribution in [-0.2, 0) is 6.42 Å². The maximum Gasteiger partial charge on any atom is 0.343 e. The fourth-order valence-electron chi connectivity index (χ4n) is 2.51. The summed E-state index contributed by atoms with van der Waals surface area (Å²) in [7, 11) is 1.74. The standard InChI is InChI=1S/C18H19ClN4O4/c1-10(2)17-20-13(21-27-17)8-9-23(3)16-14(18(24)25)15(26-22-16)11-4-6-12(19)7-5-11/h4-7,10H,8-9H2,1-3H3,(H,24,25). The van der Waals surface area contributed by atoms with Crippen molar-refractivity contribution in [2.75, 3.05) is 18.5 Å². The van der Waals surface area contributed by atoms with Crippen LogP contribution in [0.25, 0.3) is 11.3 Å². The van der Waals surface area contributed by atoms with Crippen molar-refractivity contribution in [2.24, 2.45) is 0 Å². The van der Waals surface area contributed by atoms with E-state index >= 15 is 0 Å². The number of halogens is 1. The molecule has 0 saturated heterocycles. The number of carbonyl (C=O) groups is 1. The largest absolute Gasteiger partial charge is 0.477 e. The van der Waals surface area contributed by atoms with Crippen molar-refractivity contribution >= 4 is 23.4 Å². The molecule has 0 aliphatic rings. The number of likely N-dealkylation sites (N-methyl/N-ethyl adjacent to an activating group) is 1. The first-order chi connectivity index (χ1) is 12.9. The molecule has 0 amide bonds. The summed E-state index contributed by atoms with van der Waals surface area (Å²) in [5.41, 5.74) is 0.583. The highest BCUT2D eigenvalue weighted by atomic mass is 35.5. The summed E-state index contributed by atoms with van der Waals surface area (Å²) in [5, 5.41) is 18.1. The summed E-state index contributed by atoms with van der Waals surface area (Å²) in [5.74, 6) is 0.585. The second-order valence-corrected chi connectivity index (χ2v) is 6.83. The predicted octanol–water partition coefficient (Wildman–Crippen LogP) is 3.88. The first-order valence-electron chi connectivity index (χ1n) is 8.39. The average Bonchev–Trinajstić information content (AvgIpc) is 3.27. The number of hydrogen-bond acceptors (Lipinski definition) is 7. The number of carboxylic acids is 1. The lowest BCUT2D eigenvalue weighted by Gasteiger charge is -2.15. The van der Waals surface area contributed by atoms with Crippen molar-refractivity contribution in [3.05, 3.63) is 46.6 Å². The van der Waals surface area contributed by atoms with Gasteiger partial charge in [0.25, 0.3) is 0 Å². The van der Waals surface area contributed by atoms with Gasteiger partial charge in [-0.05, 0) is 24.3 Å². The first kappa shape index (κ1) is 18.9.